The summed E-state index contributed by atoms with van der Waals surface area (Å²) < 4.78 is 44.1. The van der Waals surface area contributed by atoms with Gasteiger partial charge < -0.3 is 14.8 Å². The summed E-state index contributed by atoms with van der Waals surface area (Å²) in [6.07, 6.45) is -4.70. The molecule has 0 heterocycles. The summed E-state index contributed by atoms with van der Waals surface area (Å²) in [6.45, 7) is 1.81. The van der Waals surface area contributed by atoms with Crippen molar-refractivity contribution in [3.8, 4) is 5.75 Å². The molecule has 0 saturated carbocycles. The second-order valence-electron chi connectivity index (χ2n) is 3.80. The van der Waals surface area contributed by atoms with E-state index in [0.717, 1.165) is 5.56 Å². The first-order chi connectivity index (χ1) is 8.81. The maximum absolute atomic E-state index is 12.0. The first kappa shape index (κ1) is 15.3. The van der Waals surface area contributed by atoms with Crippen molar-refractivity contribution < 1.29 is 27.4 Å². The van der Waals surface area contributed by atoms with Crippen LogP contribution in [-0.2, 0) is 9.53 Å². The van der Waals surface area contributed by atoms with Crippen LogP contribution in [0.3, 0.4) is 0 Å². The first-order valence-corrected chi connectivity index (χ1v) is 5.47. The quantitative estimate of drug-likeness (QED) is 0.840. The largest absolute Gasteiger partial charge is 0.573 e. The summed E-state index contributed by atoms with van der Waals surface area (Å²) >= 11 is 0. The van der Waals surface area contributed by atoms with Gasteiger partial charge in [0, 0.05) is 6.04 Å². The van der Waals surface area contributed by atoms with Gasteiger partial charge >= 0.3 is 12.3 Å². The van der Waals surface area contributed by atoms with Crippen LogP contribution in [0.15, 0.2) is 24.3 Å². The van der Waals surface area contributed by atoms with Gasteiger partial charge in [-0.2, -0.15) is 0 Å². The third kappa shape index (κ3) is 5.60. The molecule has 0 aromatic heterocycles. The monoisotopic (exact) mass is 277 g/mol. The van der Waals surface area contributed by atoms with Gasteiger partial charge in [-0.15, -0.1) is 13.2 Å². The van der Waals surface area contributed by atoms with E-state index in [9.17, 15) is 18.0 Å². The zero-order valence-electron chi connectivity index (χ0n) is 10.5. The van der Waals surface area contributed by atoms with Crippen LogP contribution in [0.5, 0.6) is 5.75 Å². The molecular weight excluding hydrogens is 263 g/mol. The Bertz CT molecular complexity index is 417. The molecule has 0 radical (unpaired) electrons. The normalized spacial score (nSPS) is 12.9. The molecule has 0 bridgehead atoms. The molecule has 1 unspecified atom stereocenters. The number of ether oxygens (including phenoxy) is 2. The molecule has 0 fully saturated rings. The van der Waals surface area contributed by atoms with Gasteiger partial charge in [-0.3, -0.25) is 4.79 Å². The fourth-order valence-corrected chi connectivity index (χ4v) is 1.38. The molecule has 7 heteroatoms. The summed E-state index contributed by atoms with van der Waals surface area (Å²) in [5.74, 6) is -0.694. The summed E-state index contributed by atoms with van der Waals surface area (Å²) in [5.41, 5.74) is 0.735. The van der Waals surface area contributed by atoms with E-state index in [1.54, 1.807) is 6.92 Å². The van der Waals surface area contributed by atoms with E-state index in [1.165, 1.54) is 31.4 Å². The zero-order chi connectivity index (χ0) is 14.5. The maximum atomic E-state index is 12.0. The second-order valence-corrected chi connectivity index (χ2v) is 3.80. The molecule has 1 aromatic carbocycles. The third-order valence-electron chi connectivity index (χ3n) is 2.39. The van der Waals surface area contributed by atoms with Crippen LogP contribution in [0, 0.1) is 0 Å². The van der Waals surface area contributed by atoms with Crippen LogP contribution in [0.1, 0.15) is 18.5 Å². The minimum absolute atomic E-state index is 0.0263. The molecular formula is C12H14F3NO3. The van der Waals surface area contributed by atoms with Crippen molar-refractivity contribution in [3.63, 3.8) is 0 Å². The lowest BCUT2D eigenvalue weighted by Crippen LogP contribution is -2.26. The molecule has 19 heavy (non-hydrogen) atoms. The van der Waals surface area contributed by atoms with E-state index in [0.29, 0.717) is 0 Å². The van der Waals surface area contributed by atoms with E-state index in [-0.39, 0.29) is 18.3 Å². The molecule has 0 amide bonds. The number of benzene rings is 1. The molecule has 1 N–H and O–H groups in total. The Morgan fingerprint density at radius 2 is 1.89 bits per heavy atom. The van der Waals surface area contributed by atoms with Crippen LogP contribution >= 0.6 is 0 Å². The highest BCUT2D eigenvalue weighted by atomic mass is 19.4. The number of hydrogen-bond acceptors (Lipinski definition) is 4. The van der Waals surface area contributed by atoms with Crippen molar-refractivity contribution in [3.05, 3.63) is 29.8 Å². The highest BCUT2D eigenvalue weighted by molar-refractivity contribution is 5.71. The lowest BCUT2D eigenvalue weighted by molar-refractivity contribution is -0.274. The molecule has 0 spiro atoms. The lowest BCUT2D eigenvalue weighted by atomic mass is 10.1. The Balaban J connectivity index is 2.58. The zero-order valence-corrected chi connectivity index (χ0v) is 10.5. The number of halogens is 3. The van der Waals surface area contributed by atoms with E-state index in [1.807, 2.05) is 0 Å². The standard InChI is InChI=1S/C12H14F3NO3/c1-8(16-7-11(17)18-2)9-3-5-10(6-4-9)19-12(13,14)15/h3-6,8,16H,7H2,1-2H3. The van der Waals surface area contributed by atoms with Crippen molar-refractivity contribution in [2.75, 3.05) is 13.7 Å². The van der Waals surface area contributed by atoms with Crippen LogP contribution in [0.25, 0.3) is 0 Å². The van der Waals surface area contributed by atoms with Gasteiger partial charge in [0.15, 0.2) is 0 Å². The van der Waals surface area contributed by atoms with E-state index in [4.69, 9.17) is 0 Å². The average Bonchev–Trinajstić information content (AvgIpc) is 2.34. The van der Waals surface area contributed by atoms with Gasteiger partial charge in [0.05, 0.1) is 13.7 Å². The average molecular weight is 277 g/mol. The number of alkyl halides is 3. The summed E-state index contributed by atoms with van der Waals surface area (Å²) in [6, 6.07) is 5.24. The molecule has 106 valence electrons. The first-order valence-electron chi connectivity index (χ1n) is 5.47. The van der Waals surface area contributed by atoms with Gasteiger partial charge in [-0.25, -0.2) is 0 Å². The third-order valence-corrected chi connectivity index (χ3v) is 2.39. The topological polar surface area (TPSA) is 47.6 Å². The summed E-state index contributed by atoms with van der Waals surface area (Å²) in [5, 5.41) is 2.88. The van der Waals surface area contributed by atoms with Crippen LogP contribution in [0.2, 0.25) is 0 Å². The Kier molecular flexibility index (Phi) is 5.17. The van der Waals surface area contributed by atoms with Crippen molar-refractivity contribution in [1.29, 1.82) is 0 Å². The van der Waals surface area contributed by atoms with Crippen LogP contribution in [0.4, 0.5) is 13.2 Å². The minimum atomic E-state index is -4.70. The summed E-state index contributed by atoms with van der Waals surface area (Å²) in [7, 11) is 1.28. The Hall–Kier alpha value is -1.76. The number of methoxy groups -OCH3 is 1. The van der Waals surface area contributed by atoms with Gasteiger partial charge in [-0.05, 0) is 24.6 Å². The molecule has 0 aliphatic heterocycles. The number of carbonyl (C=O) groups is 1. The molecule has 1 atom stereocenters. The Morgan fingerprint density at radius 1 is 1.32 bits per heavy atom. The van der Waals surface area contributed by atoms with E-state index >= 15 is 0 Å². The van der Waals surface area contributed by atoms with Crippen LogP contribution in [-0.4, -0.2) is 26.0 Å². The fourth-order valence-electron chi connectivity index (χ4n) is 1.38. The number of esters is 1. The van der Waals surface area contributed by atoms with Gasteiger partial charge in [0.25, 0.3) is 0 Å². The molecule has 0 aliphatic rings. The number of hydrogen-bond donors (Lipinski definition) is 1. The van der Waals surface area contributed by atoms with Crippen molar-refractivity contribution in [1.82, 2.24) is 5.32 Å². The highest BCUT2D eigenvalue weighted by Gasteiger charge is 2.30. The van der Waals surface area contributed by atoms with E-state index in [2.05, 4.69) is 14.8 Å². The molecule has 0 aliphatic carbocycles. The SMILES string of the molecule is COC(=O)CNC(C)c1ccc(OC(F)(F)F)cc1. The molecule has 4 nitrogen and oxygen atoms in total. The van der Waals surface area contributed by atoms with Crippen molar-refractivity contribution >= 4 is 5.97 Å². The number of rotatable bonds is 5. The maximum Gasteiger partial charge on any atom is 0.573 e. The Labute approximate surface area is 108 Å². The second kappa shape index (κ2) is 6.42. The number of nitrogens with one attached hydrogen (secondary N) is 1. The van der Waals surface area contributed by atoms with Crippen molar-refractivity contribution in [2.24, 2.45) is 0 Å². The van der Waals surface area contributed by atoms with Crippen LogP contribution < -0.4 is 10.1 Å². The van der Waals surface area contributed by atoms with Crippen molar-refractivity contribution in [2.45, 2.75) is 19.3 Å². The smallest absolute Gasteiger partial charge is 0.468 e. The molecule has 0 saturated heterocycles. The van der Waals surface area contributed by atoms with Gasteiger partial charge in [-0.1, -0.05) is 12.1 Å². The molecule has 1 rings (SSSR count). The highest BCUT2D eigenvalue weighted by Crippen LogP contribution is 2.24. The summed E-state index contributed by atoms with van der Waals surface area (Å²) in [4.78, 5) is 10.9. The van der Waals surface area contributed by atoms with E-state index < -0.39 is 12.3 Å². The Morgan fingerprint density at radius 3 is 2.37 bits per heavy atom. The predicted molar refractivity (Wildman–Crippen MR) is 61.6 cm³/mol. The predicted octanol–water partition coefficient (Wildman–Crippen LogP) is 2.41. The minimum Gasteiger partial charge on any atom is -0.468 e. The van der Waals surface area contributed by atoms with Gasteiger partial charge in [0.2, 0.25) is 0 Å². The number of carbonyl (C=O) groups excluding carboxylic acids is 1. The fraction of sp³-hybridized carbons (Fsp3) is 0.417. The van der Waals surface area contributed by atoms with Gasteiger partial charge in [0.1, 0.15) is 5.75 Å². The molecule has 1 aromatic rings. The lowest BCUT2D eigenvalue weighted by Gasteiger charge is -2.14.